The number of pyridine rings is 1. The van der Waals surface area contributed by atoms with Crippen LogP contribution in [0.4, 0.5) is 5.95 Å². The normalized spacial score (nSPS) is 17.4. The minimum Gasteiger partial charge on any atom is -0.489 e. The van der Waals surface area contributed by atoms with Crippen LogP contribution in [0.1, 0.15) is 17.9 Å². The molecular formula is C23H26N6O2. The van der Waals surface area contributed by atoms with E-state index >= 15 is 0 Å². The smallest absolute Gasteiger partial charge is 0.206 e. The van der Waals surface area contributed by atoms with Crippen molar-refractivity contribution in [3.8, 4) is 16.9 Å². The molecule has 1 unspecified atom stereocenters. The van der Waals surface area contributed by atoms with Crippen LogP contribution < -0.4 is 15.4 Å². The number of nitrogens with zero attached hydrogens (tertiary/aromatic N) is 5. The molecule has 2 N–H and O–H groups in total. The molecule has 0 spiro atoms. The first-order valence-corrected chi connectivity index (χ1v) is 10.6. The second-order valence-electron chi connectivity index (χ2n) is 7.94. The van der Waals surface area contributed by atoms with Gasteiger partial charge >= 0.3 is 0 Å². The lowest BCUT2D eigenvalue weighted by molar-refractivity contribution is 0.288. The topological polar surface area (TPSA) is 95.2 Å². The molecule has 0 aliphatic carbocycles. The molecule has 0 amide bonds. The zero-order chi connectivity index (χ0) is 21.4. The van der Waals surface area contributed by atoms with Gasteiger partial charge in [-0.2, -0.15) is 0 Å². The molecule has 0 saturated carbocycles. The van der Waals surface area contributed by atoms with Crippen LogP contribution in [-0.2, 0) is 6.54 Å². The third-order valence-corrected chi connectivity index (χ3v) is 5.78. The molecular weight excluding hydrogens is 392 g/mol. The Bertz CT molecular complexity index is 1150. The first-order chi connectivity index (χ1) is 15.1. The largest absolute Gasteiger partial charge is 0.489 e. The predicted molar refractivity (Wildman–Crippen MR) is 119 cm³/mol. The molecule has 160 valence electrons. The maximum absolute atomic E-state index is 6.09. The zero-order valence-electron chi connectivity index (χ0n) is 17.8. The van der Waals surface area contributed by atoms with Crippen LogP contribution in [0.15, 0.2) is 47.2 Å². The molecule has 31 heavy (non-hydrogen) atoms. The number of rotatable bonds is 2. The third kappa shape index (κ3) is 3.53. The van der Waals surface area contributed by atoms with Crippen molar-refractivity contribution < 1.29 is 9.26 Å². The Kier molecular flexibility index (Phi) is 5.07. The summed E-state index contributed by atoms with van der Waals surface area (Å²) in [6.45, 7) is 7.14. The van der Waals surface area contributed by atoms with Crippen molar-refractivity contribution in [2.45, 2.75) is 32.9 Å². The van der Waals surface area contributed by atoms with Crippen molar-refractivity contribution in [1.82, 2.24) is 19.7 Å². The number of imidazole rings is 1. The van der Waals surface area contributed by atoms with Gasteiger partial charge in [0.15, 0.2) is 5.75 Å². The van der Waals surface area contributed by atoms with Crippen LogP contribution in [0.25, 0.3) is 22.2 Å². The molecule has 2 aliphatic rings. The average Bonchev–Trinajstić information content (AvgIpc) is 3.49. The van der Waals surface area contributed by atoms with Crippen molar-refractivity contribution >= 4 is 17.0 Å². The molecule has 5 heterocycles. The number of aromatic nitrogens is 4. The van der Waals surface area contributed by atoms with E-state index in [0.717, 1.165) is 71.4 Å². The van der Waals surface area contributed by atoms with Crippen molar-refractivity contribution in [3.05, 3.63) is 54.2 Å². The van der Waals surface area contributed by atoms with E-state index in [2.05, 4.69) is 31.7 Å². The molecule has 3 aromatic heterocycles. The summed E-state index contributed by atoms with van der Waals surface area (Å²) >= 11 is 0. The number of hydrogen-bond acceptors (Lipinski definition) is 7. The molecule has 0 radical (unpaired) electrons. The maximum atomic E-state index is 6.09. The second-order valence-corrected chi connectivity index (χ2v) is 7.94. The van der Waals surface area contributed by atoms with Gasteiger partial charge < -0.3 is 24.5 Å². The monoisotopic (exact) mass is 418 g/mol. The maximum Gasteiger partial charge on any atom is 0.206 e. The summed E-state index contributed by atoms with van der Waals surface area (Å²) in [7, 11) is 0. The van der Waals surface area contributed by atoms with E-state index in [1.807, 2.05) is 32.0 Å². The molecule has 1 saturated heterocycles. The van der Waals surface area contributed by atoms with Crippen molar-refractivity contribution in [2.24, 2.45) is 5.73 Å². The van der Waals surface area contributed by atoms with Crippen LogP contribution in [0.2, 0.25) is 0 Å². The Morgan fingerprint density at radius 2 is 1.94 bits per heavy atom. The fourth-order valence-corrected chi connectivity index (χ4v) is 4.36. The number of ether oxygens (including phenoxy) is 1. The van der Waals surface area contributed by atoms with Crippen molar-refractivity contribution in [1.29, 1.82) is 0 Å². The minimum atomic E-state index is 0.227. The van der Waals surface area contributed by atoms with E-state index in [4.69, 9.17) is 20.0 Å². The first-order valence-electron chi connectivity index (χ1n) is 10.6. The van der Waals surface area contributed by atoms with Gasteiger partial charge in [-0.05, 0) is 44.5 Å². The van der Waals surface area contributed by atoms with Gasteiger partial charge in [0.05, 0.1) is 23.3 Å². The Balaban J connectivity index is 0.000000296. The average molecular weight is 419 g/mol. The van der Waals surface area contributed by atoms with E-state index in [9.17, 15) is 0 Å². The molecule has 2 aliphatic heterocycles. The lowest BCUT2D eigenvalue weighted by atomic mass is 10.0. The molecule has 8 nitrogen and oxygen atoms in total. The van der Waals surface area contributed by atoms with Crippen molar-refractivity contribution in [3.63, 3.8) is 0 Å². The predicted octanol–water partition coefficient (Wildman–Crippen LogP) is 3.32. The van der Waals surface area contributed by atoms with E-state index in [1.165, 1.54) is 0 Å². The summed E-state index contributed by atoms with van der Waals surface area (Å²) < 4.78 is 13.7. The lowest BCUT2D eigenvalue weighted by Crippen LogP contribution is -2.29. The van der Waals surface area contributed by atoms with Crippen LogP contribution in [-0.4, -0.2) is 45.4 Å². The van der Waals surface area contributed by atoms with Gasteiger partial charge in [-0.3, -0.25) is 4.98 Å². The molecule has 1 aromatic carbocycles. The fourth-order valence-electron chi connectivity index (χ4n) is 4.36. The molecule has 1 atom stereocenters. The highest BCUT2D eigenvalue weighted by atomic mass is 16.5. The highest BCUT2D eigenvalue weighted by molar-refractivity contribution is 5.93. The summed E-state index contributed by atoms with van der Waals surface area (Å²) in [4.78, 5) is 11.0. The summed E-state index contributed by atoms with van der Waals surface area (Å²) in [6.07, 6.45) is 4.51. The van der Waals surface area contributed by atoms with E-state index < -0.39 is 0 Å². The number of benzene rings is 1. The number of hydrogen-bond donors (Lipinski definition) is 1. The number of aryl methyl sites for hydroxylation is 2. The van der Waals surface area contributed by atoms with Crippen LogP contribution >= 0.6 is 0 Å². The highest BCUT2D eigenvalue weighted by Gasteiger charge is 2.29. The molecule has 0 bridgehead atoms. The number of anilines is 1. The van der Waals surface area contributed by atoms with Crippen molar-refractivity contribution in [2.75, 3.05) is 24.6 Å². The Morgan fingerprint density at radius 1 is 1.10 bits per heavy atom. The van der Waals surface area contributed by atoms with Gasteiger partial charge in [0, 0.05) is 37.1 Å². The summed E-state index contributed by atoms with van der Waals surface area (Å²) in [5.41, 5.74) is 11.0. The Labute approximate surface area is 180 Å². The SMILES string of the molecule is Cc1noc(C)c1-c1ccc2nc(N3CCC(N)C3)n3c2c1OCC3.c1ccncc1. The molecule has 6 rings (SSSR count). The van der Waals surface area contributed by atoms with Gasteiger partial charge in [0.25, 0.3) is 0 Å². The summed E-state index contributed by atoms with van der Waals surface area (Å²) in [5, 5.41) is 4.09. The van der Waals surface area contributed by atoms with E-state index in [-0.39, 0.29) is 6.04 Å². The summed E-state index contributed by atoms with van der Waals surface area (Å²) in [6, 6.07) is 10.1. The minimum absolute atomic E-state index is 0.227. The van der Waals surface area contributed by atoms with Crippen LogP contribution in [0.5, 0.6) is 5.75 Å². The molecule has 1 fully saturated rings. The quantitative estimate of drug-likeness (QED) is 0.533. The van der Waals surface area contributed by atoms with Crippen LogP contribution in [0, 0.1) is 13.8 Å². The third-order valence-electron chi connectivity index (χ3n) is 5.78. The van der Waals surface area contributed by atoms with Gasteiger partial charge in [-0.1, -0.05) is 11.2 Å². The van der Waals surface area contributed by atoms with Gasteiger partial charge in [0.2, 0.25) is 5.95 Å². The number of nitrogens with two attached hydrogens (primary N) is 1. The van der Waals surface area contributed by atoms with Crippen LogP contribution in [0.3, 0.4) is 0 Å². The Hall–Kier alpha value is -3.39. The Morgan fingerprint density at radius 3 is 2.55 bits per heavy atom. The standard InChI is InChI=1S/C18H21N5O2.C5H5N/c1-10-15(11(2)25-21-10)13-3-4-14-16-17(13)24-8-7-23(16)18(20-14)22-6-5-12(19)9-22;1-2-4-6-5-3-1/h3-4,12H,5-9,19H2,1-2H3;1-5H. The lowest BCUT2D eigenvalue weighted by Gasteiger charge is -2.23. The van der Waals surface area contributed by atoms with E-state index in [1.54, 1.807) is 12.4 Å². The van der Waals surface area contributed by atoms with Gasteiger partial charge in [-0.15, -0.1) is 0 Å². The molecule has 8 heteroatoms. The highest BCUT2D eigenvalue weighted by Crippen LogP contribution is 2.42. The zero-order valence-corrected chi connectivity index (χ0v) is 17.8. The second kappa shape index (κ2) is 8.03. The van der Waals surface area contributed by atoms with Gasteiger partial charge in [-0.25, -0.2) is 4.98 Å². The van der Waals surface area contributed by atoms with E-state index in [0.29, 0.717) is 6.61 Å². The molecule has 4 aromatic rings. The summed E-state index contributed by atoms with van der Waals surface area (Å²) in [5.74, 6) is 2.68. The fraction of sp³-hybridized carbons (Fsp3) is 0.348. The van der Waals surface area contributed by atoms with Gasteiger partial charge in [0.1, 0.15) is 17.9 Å². The first kappa shape index (κ1) is 19.6.